The van der Waals surface area contributed by atoms with E-state index in [9.17, 15) is 0 Å². The van der Waals surface area contributed by atoms with E-state index in [1.54, 1.807) is 11.6 Å². The number of nitrogens with zero attached hydrogens (tertiary/aromatic N) is 4. The summed E-state index contributed by atoms with van der Waals surface area (Å²) in [6.07, 6.45) is 0.660. The van der Waals surface area contributed by atoms with Gasteiger partial charge in [-0.25, -0.2) is 0 Å². The number of methoxy groups -OCH3 is 1. The van der Waals surface area contributed by atoms with Crippen LogP contribution in [-0.2, 0) is 13.0 Å². The number of hydrogen-bond acceptors (Lipinski definition) is 6. The molecule has 0 unspecified atom stereocenters. The fourth-order valence-corrected chi connectivity index (χ4v) is 3.41. The van der Waals surface area contributed by atoms with E-state index in [0.29, 0.717) is 13.0 Å². The van der Waals surface area contributed by atoms with E-state index in [4.69, 9.17) is 9.47 Å². The summed E-state index contributed by atoms with van der Waals surface area (Å²) in [6.45, 7) is 2.45. The summed E-state index contributed by atoms with van der Waals surface area (Å²) in [4.78, 5) is 0.775. The highest BCUT2D eigenvalue weighted by Crippen LogP contribution is 2.21. The Labute approximate surface area is 155 Å². The summed E-state index contributed by atoms with van der Waals surface area (Å²) in [5, 5.41) is 14.0. The molecule has 6 nitrogen and oxygen atoms in total. The summed E-state index contributed by atoms with van der Waals surface area (Å²) in [5.41, 5.74) is 2.24. The Balaban J connectivity index is 1.50. The first kappa shape index (κ1) is 16.5. The first-order valence-electron chi connectivity index (χ1n) is 8.24. The number of rotatable bonds is 6. The van der Waals surface area contributed by atoms with E-state index in [1.807, 2.05) is 55.5 Å². The predicted molar refractivity (Wildman–Crippen MR) is 100.0 cm³/mol. The highest BCUT2D eigenvalue weighted by molar-refractivity contribution is 7.16. The average Bonchev–Trinajstić information content (AvgIpc) is 3.23. The molecule has 0 aliphatic heterocycles. The lowest BCUT2D eigenvalue weighted by Gasteiger charge is -2.06. The summed E-state index contributed by atoms with van der Waals surface area (Å²) < 4.78 is 12.9. The van der Waals surface area contributed by atoms with E-state index in [-0.39, 0.29) is 0 Å². The van der Waals surface area contributed by atoms with E-state index >= 15 is 0 Å². The summed E-state index contributed by atoms with van der Waals surface area (Å²) in [5.74, 6) is 2.52. The van der Waals surface area contributed by atoms with Crippen LogP contribution in [0.25, 0.3) is 4.96 Å². The average molecular weight is 366 g/mol. The molecule has 0 bridgehead atoms. The highest BCUT2D eigenvalue weighted by Gasteiger charge is 2.13. The smallest absolute Gasteiger partial charge is 0.234 e. The van der Waals surface area contributed by atoms with Gasteiger partial charge in [-0.15, -0.1) is 10.2 Å². The lowest BCUT2D eigenvalue weighted by Crippen LogP contribution is -2.01. The van der Waals surface area contributed by atoms with Crippen molar-refractivity contribution < 1.29 is 9.47 Å². The molecule has 132 valence electrons. The Kier molecular flexibility index (Phi) is 4.53. The van der Waals surface area contributed by atoms with Crippen LogP contribution >= 0.6 is 11.3 Å². The van der Waals surface area contributed by atoms with Crippen LogP contribution in [0.2, 0.25) is 0 Å². The molecule has 2 aromatic heterocycles. The van der Waals surface area contributed by atoms with Gasteiger partial charge < -0.3 is 9.47 Å². The fourth-order valence-electron chi connectivity index (χ4n) is 2.65. The number of ether oxygens (including phenoxy) is 2. The Morgan fingerprint density at radius 2 is 1.85 bits per heavy atom. The molecule has 4 rings (SSSR count). The molecule has 4 aromatic rings. The van der Waals surface area contributed by atoms with Crippen LogP contribution < -0.4 is 9.47 Å². The molecular formula is C19H18N4O2S. The number of benzene rings is 2. The summed E-state index contributed by atoms with van der Waals surface area (Å²) in [6, 6.07) is 15.9. The first-order chi connectivity index (χ1) is 12.7. The number of aryl methyl sites for hydroxylation is 1. The molecule has 0 saturated heterocycles. The summed E-state index contributed by atoms with van der Waals surface area (Å²) >= 11 is 1.49. The van der Waals surface area contributed by atoms with Crippen molar-refractivity contribution in [3.05, 3.63) is 70.5 Å². The van der Waals surface area contributed by atoms with Crippen LogP contribution in [-0.4, -0.2) is 26.9 Å². The van der Waals surface area contributed by atoms with E-state index in [1.165, 1.54) is 11.3 Å². The van der Waals surface area contributed by atoms with Crippen LogP contribution in [0.4, 0.5) is 0 Å². The Morgan fingerprint density at radius 1 is 1.04 bits per heavy atom. The lowest BCUT2D eigenvalue weighted by atomic mass is 10.1. The minimum Gasteiger partial charge on any atom is -0.497 e. The number of hydrogen-bond donors (Lipinski definition) is 0. The van der Waals surface area contributed by atoms with Crippen molar-refractivity contribution in [1.82, 2.24) is 19.8 Å². The molecule has 0 amide bonds. The second kappa shape index (κ2) is 7.13. The zero-order chi connectivity index (χ0) is 17.9. The third-order valence-corrected chi connectivity index (χ3v) is 4.94. The van der Waals surface area contributed by atoms with E-state index < -0.39 is 0 Å². The van der Waals surface area contributed by atoms with Gasteiger partial charge >= 0.3 is 0 Å². The minimum absolute atomic E-state index is 0.418. The zero-order valence-electron chi connectivity index (χ0n) is 14.5. The number of para-hydroxylation sites is 1. The van der Waals surface area contributed by atoms with Crippen molar-refractivity contribution in [1.29, 1.82) is 0 Å². The third kappa shape index (κ3) is 3.39. The van der Waals surface area contributed by atoms with Gasteiger partial charge in [0.1, 0.15) is 18.1 Å². The second-order valence-electron chi connectivity index (χ2n) is 5.89. The molecule has 0 saturated carbocycles. The van der Waals surface area contributed by atoms with Gasteiger partial charge in [0.15, 0.2) is 10.8 Å². The van der Waals surface area contributed by atoms with E-state index in [2.05, 4.69) is 15.3 Å². The highest BCUT2D eigenvalue weighted by atomic mass is 32.1. The molecule has 7 heteroatoms. The van der Waals surface area contributed by atoms with Crippen molar-refractivity contribution in [2.75, 3.05) is 7.11 Å². The van der Waals surface area contributed by atoms with Gasteiger partial charge in [0.2, 0.25) is 4.96 Å². The van der Waals surface area contributed by atoms with Crippen molar-refractivity contribution in [2.45, 2.75) is 20.0 Å². The van der Waals surface area contributed by atoms with Crippen LogP contribution in [0.15, 0.2) is 48.5 Å². The largest absolute Gasteiger partial charge is 0.497 e. The van der Waals surface area contributed by atoms with Crippen LogP contribution in [0.3, 0.4) is 0 Å². The lowest BCUT2D eigenvalue weighted by molar-refractivity contribution is 0.302. The molecule has 0 aliphatic rings. The van der Waals surface area contributed by atoms with E-state index in [0.717, 1.165) is 38.4 Å². The van der Waals surface area contributed by atoms with Crippen LogP contribution in [0.1, 0.15) is 22.0 Å². The molecule has 2 aromatic carbocycles. The van der Waals surface area contributed by atoms with Crippen LogP contribution in [0, 0.1) is 6.92 Å². The van der Waals surface area contributed by atoms with Gasteiger partial charge in [-0.1, -0.05) is 41.7 Å². The van der Waals surface area contributed by atoms with Crippen molar-refractivity contribution in [2.24, 2.45) is 0 Å². The quantitative estimate of drug-likeness (QED) is 0.521. The van der Waals surface area contributed by atoms with Crippen LogP contribution in [0.5, 0.6) is 11.5 Å². The molecule has 26 heavy (non-hydrogen) atoms. The monoisotopic (exact) mass is 366 g/mol. The zero-order valence-corrected chi connectivity index (χ0v) is 15.4. The van der Waals surface area contributed by atoms with Crippen molar-refractivity contribution in [3.8, 4) is 11.5 Å². The Hall–Kier alpha value is -2.93. The maximum Gasteiger partial charge on any atom is 0.234 e. The maximum absolute atomic E-state index is 5.88. The van der Waals surface area contributed by atoms with Gasteiger partial charge in [0, 0.05) is 6.42 Å². The molecule has 2 heterocycles. The molecule has 0 fully saturated rings. The number of fused-ring (bicyclic) bond motifs is 1. The molecule has 0 radical (unpaired) electrons. The Bertz CT molecular complexity index is 1020. The SMILES string of the molecule is COc1ccc(Cc2nnc3sc(COc4ccccc4C)nn23)cc1. The maximum atomic E-state index is 5.88. The fraction of sp³-hybridized carbons (Fsp3) is 0.211. The van der Waals surface area contributed by atoms with Crippen molar-refractivity contribution >= 4 is 16.3 Å². The normalized spacial score (nSPS) is 11.0. The van der Waals surface area contributed by atoms with Gasteiger partial charge in [0.25, 0.3) is 0 Å². The predicted octanol–water partition coefficient (Wildman–Crippen LogP) is 3.67. The van der Waals surface area contributed by atoms with Gasteiger partial charge in [-0.3, -0.25) is 0 Å². The molecule has 0 N–H and O–H groups in total. The number of aromatic nitrogens is 4. The third-order valence-electron chi connectivity index (χ3n) is 4.06. The molecular weight excluding hydrogens is 348 g/mol. The first-order valence-corrected chi connectivity index (χ1v) is 9.06. The Morgan fingerprint density at radius 3 is 2.62 bits per heavy atom. The second-order valence-corrected chi connectivity index (χ2v) is 6.93. The molecule has 0 spiro atoms. The van der Waals surface area contributed by atoms with Gasteiger partial charge in [-0.05, 0) is 36.2 Å². The molecule has 0 aliphatic carbocycles. The molecule has 0 atom stereocenters. The standard InChI is InChI=1S/C19H18N4O2S/c1-13-5-3-4-6-16(13)25-12-18-22-23-17(20-21-19(23)26-18)11-14-7-9-15(24-2)10-8-14/h3-10H,11-12H2,1-2H3. The van der Waals surface area contributed by atoms with Gasteiger partial charge in [0.05, 0.1) is 7.11 Å². The van der Waals surface area contributed by atoms with Gasteiger partial charge in [-0.2, -0.15) is 9.61 Å². The summed E-state index contributed by atoms with van der Waals surface area (Å²) in [7, 11) is 1.66. The minimum atomic E-state index is 0.418. The topological polar surface area (TPSA) is 61.5 Å². The van der Waals surface area contributed by atoms with Crippen molar-refractivity contribution in [3.63, 3.8) is 0 Å².